The first-order valence-electron chi connectivity index (χ1n) is 5.32. The summed E-state index contributed by atoms with van der Waals surface area (Å²) in [5, 5.41) is 21.1. The van der Waals surface area contributed by atoms with E-state index in [0.29, 0.717) is 0 Å². The van der Waals surface area contributed by atoms with Crippen LogP contribution in [0.25, 0.3) is 0 Å². The minimum Gasteiger partial charge on any atom is -0.258 e. The smallest absolute Gasteiger partial charge is 0.258 e. The third-order valence-corrected chi connectivity index (χ3v) is 2.76. The summed E-state index contributed by atoms with van der Waals surface area (Å²) in [6.07, 6.45) is -14.3. The second-order valence-electron chi connectivity index (χ2n) is 4.18. The summed E-state index contributed by atoms with van der Waals surface area (Å²) in [6.45, 7) is 0. The van der Waals surface area contributed by atoms with E-state index < -0.39 is 62.3 Å². The molecule has 0 saturated carbocycles. The van der Waals surface area contributed by atoms with Crippen molar-refractivity contribution in [2.75, 3.05) is 0 Å². The van der Waals surface area contributed by atoms with Crippen molar-refractivity contribution in [3.05, 3.63) is 43.2 Å². The van der Waals surface area contributed by atoms with Gasteiger partial charge in [0.1, 0.15) is 5.56 Å². The van der Waals surface area contributed by atoms with Gasteiger partial charge in [-0.25, -0.2) is 13.2 Å². The third-order valence-electron chi connectivity index (χ3n) is 2.76. The Morgan fingerprint density at radius 1 is 0.640 bits per heavy atom. The second-order valence-corrected chi connectivity index (χ2v) is 4.18. The molecule has 0 saturated heterocycles. The van der Waals surface area contributed by atoms with Crippen LogP contribution in [0.5, 0.6) is 0 Å². The van der Waals surface area contributed by atoms with E-state index in [1.165, 1.54) is 0 Å². The van der Waals surface area contributed by atoms with Crippen molar-refractivity contribution in [2.24, 2.45) is 0 Å². The Hall–Kier alpha value is -2.68. The molecule has 0 bridgehead atoms. The van der Waals surface area contributed by atoms with Crippen LogP contribution in [0, 0.1) is 37.7 Å². The molecule has 0 heterocycles. The molecule has 0 aromatic heterocycles. The number of nitro benzene ring substituents is 2. The largest absolute Gasteiger partial charge is 0.436 e. The average molecular weight is 390 g/mol. The second kappa shape index (κ2) is 5.69. The van der Waals surface area contributed by atoms with Crippen LogP contribution in [0.3, 0.4) is 0 Å². The van der Waals surface area contributed by atoms with Gasteiger partial charge in [0.15, 0.2) is 5.82 Å². The molecule has 0 atom stereocenters. The van der Waals surface area contributed by atoms with Gasteiger partial charge in [0, 0.05) is 0 Å². The zero-order valence-corrected chi connectivity index (χ0v) is 10.8. The highest BCUT2D eigenvalue weighted by Crippen LogP contribution is 2.57. The molecule has 0 N–H and O–H groups in total. The minimum atomic E-state index is -7.17. The molecule has 0 aliphatic carbocycles. The molecule has 1 aromatic carbocycles. The van der Waals surface area contributed by atoms with Crippen LogP contribution in [0.4, 0.5) is 55.3 Å². The first-order chi connectivity index (χ1) is 11.0. The molecular formula is C9F10N2O4. The van der Waals surface area contributed by atoms with Crippen molar-refractivity contribution in [3.8, 4) is 0 Å². The zero-order valence-electron chi connectivity index (χ0n) is 10.8. The number of hydrogen-bond acceptors (Lipinski definition) is 4. The number of nitrogens with zero attached hydrogens (tertiary/aromatic N) is 2. The van der Waals surface area contributed by atoms with Crippen LogP contribution in [0.15, 0.2) is 0 Å². The SMILES string of the molecule is O=[N+]([O-])c1c(F)c(F)c(F)c(C(F)(C(F)(F)F)C(F)(F)F)c1[N+](=O)[O-]. The lowest BCUT2D eigenvalue weighted by Gasteiger charge is -2.30. The number of nitro groups is 2. The normalized spacial score (nSPS) is 13.0. The molecule has 0 fully saturated rings. The highest BCUT2D eigenvalue weighted by molar-refractivity contribution is 5.62. The Kier molecular flexibility index (Phi) is 4.64. The molecular weight excluding hydrogens is 390 g/mol. The molecule has 6 nitrogen and oxygen atoms in total. The fourth-order valence-corrected chi connectivity index (χ4v) is 1.74. The first kappa shape index (κ1) is 20.4. The molecule has 0 spiro atoms. The molecule has 0 radical (unpaired) electrons. The van der Waals surface area contributed by atoms with Crippen LogP contribution in [0.1, 0.15) is 5.56 Å². The topological polar surface area (TPSA) is 86.3 Å². The molecule has 0 aliphatic heterocycles. The van der Waals surface area contributed by atoms with Crippen molar-refractivity contribution in [1.29, 1.82) is 0 Å². The van der Waals surface area contributed by atoms with Gasteiger partial charge in [0.25, 0.3) is 0 Å². The number of rotatable bonds is 3. The van der Waals surface area contributed by atoms with Crippen molar-refractivity contribution in [2.45, 2.75) is 18.0 Å². The lowest BCUT2D eigenvalue weighted by molar-refractivity contribution is -0.428. The lowest BCUT2D eigenvalue weighted by Crippen LogP contribution is -2.51. The maximum Gasteiger partial charge on any atom is 0.436 e. The molecule has 0 aliphatic rings. The van der Waals surface area contributed by atoms with Gasteiger partial charge in [-0.2, -0.15) is 30.7 Å². The molecule has 16 heteroatoms. The van der Waals surface area contributed by atoms with E-state index in [9.17, 15) is 64.1 Å². The molecule has 140 valence electrons. The molecule has 0 unspecified atom stereocenters. The van der Waals surface area contributed by atoms with Crippen LogP contribution in [-0.4, -0.2) is 22.2 Å². The Balaban J connectivity index is 4.31. The first-order valence-corrected chi connectivity index (χ1v) is 5.32. The third kappa shape index (κ3) is 2.80. The van der Waals surface area contributed by atoms with Gasteiger partial charge >= 0.3 is 29.4 Å². The zero-order chi connectivity index (χ0) is 20.1. The van der Waals surface area contributed by atoms with Gasteiger partial charge in [-0.15, -0.1) is 0 Å². The summed E-state index contributed by atoms with van der Waals surface area (Å²) in [6, 6.07) is 0. The fraction of sp³-hybridized carbons (Fsp3) is 0.333. The standard InChI is InChI=1S/C9F10N2O4/c10-2-1(7(13,8(14,15)16)9(17,18)19)5(20(22)23)6(21(24)25)4(12)3(2)11. The molecule has 1 aromatic rings. The van der Waals surface area contributed by atoms with Gasteiger partial charge in [0.2, 0.25) is 11.6 Å². The van der Waals surface area contributed by atoms with Crippen LogP contribution in [-0.2, 0) is 5.67 Å². The lowest BCUT2D eigenvalue weighted by atomic mass is 9.90. The van der Waals surface area contributed by atoms with Crippen LogP contribution < -0.4 is 0 Å². The van der Waals surface area contributed by atoms with Gasteiger partial charge in [-0.1, -0.05) is 0 Å². The Morgan fingerprint density at radius 3 is 1.28 bits per heavy atom. The van der Waals surface area contributed by atoms with E-state index in [1.807, 2.05) is 0 Å². The summed E-state index contributed by atoms with van der Waals surface area (Å²) < 4.78 is 129. The molecule has 25 heavy (non-hydrogen) atoms. The van der Waals surface area contributed by atoms with Crippen molar-refractivity contribution < 1.29 is 53.8 Å². The van der Waals surface area contributed by atoms with E-state index in [-0.39, 0.29) is 0 Å². The van der Waals surface area contributed by atoms with Gasteiger partial charge in [0.05, 0.1) is 9.85 Å². The van der Waals surface area contributed by atoms with Gasteiger partial charge in [-0.05, 0) is 0 Å². The van der Waals surface area contributed by atoms with Crippen LogP contribution >= 0.6 is 0 Å². The summed E-state index contributed by atoms with van der Waals surface area (Å²) in [4.78, 5) is 16.3. The molecule has 0 amide bonds. The average Bonchev–Trinajstić information content (AvgIpc) is 2.40. The van der Waals surface area contributed by atoms with E-state index >= 15 is 0 Å². The predicted molar refractivity (Wildman–Crippen MR) is 54.5 cm³/mol. The fourth-order valence-electron chi connectivity index (χ4n) is 1.74. The van der Waals surface area contributed by atoms with E-state index in [0.717, 1.165) is 0 Å². The van der Waals surface area contributed by atoms with Crippen molar-refractivity contribution in [3.63, 3.8) is 0 Å². The predicted octanol–water partition coefficient (Wildman–Crippen LogP) is 4.21. The maximum atomic E-state index is 13.9. The molecule has 1 rings (SSSR count). The highest BCUT2D eigenvalue weighted by atomic mass is 19.4. The van der Waals surface area contributed by atoms with Gasteiger partial charge < -0.3 is 0 Å². The highest BCUT2D eigenvalue weighted by Gasteiger charge is 2.77. The number of alkyl halides is 7. The summed E-state index contributed by atoms with van der Waals surface area (Å²) in [5.74, 6) is -10.0. The van der Waals surface area contributed by atoms with Crippen molar-refractivity contribution in [1.82, 2.24) is 0 Å². The Bertz CT molecular complexity index is 742. The quantitative estimate of drug-likeness (QED) is 0.335. The number of halogens is 10. The van der Waals surface area contributed by atoms with E-state index in [4.69, 9.17) is 0 Å². The summed E-state index contributed by atoms with van der Waals surface area (Å²) >= 11 is 0. The number of hydrogen-bond donors (Lipinski definition) is 0. The Labute approximate surface area is 127 Å². The van der Waals surface area contributed by atoms with Gasteiger partial charge in [-0.3, -0.25) is 20.2 Å². The Morgan fingerprint density at radius 2 is 1.00 bits per heavy atom. The number of benzene rings is 1. The van der Waals surface area contributed by atoms with E-state index in [2.05, 4.69) is 0 Å². The monoisotopic (exact) mass is 390 g/mol. The summed E-state index contributed by atoms with van der Waals surface area (Å²) in [5.41, 5.74) is -16.7. The van der Waals surface area contributed by atoms with Crippen molar-refractivity contribution >= 4 is 11.4 Å². The maximum absolute atomic E-state index is 13.9. The minimum absolute atomic E-state index is 2.30. The van der Waals surface area contributed by atoms with E-state index in [1.54, 1.807) is 0 Å². The summed E-state index contributed by atoms with van der Waals surface area (Å²) in [7, 11) is 0. The van der Waals surface area contributed by atoms with Crippen LogP contribution in [0.2, 0.25) is 0 Å².